The van der Waals surface area contributed by atoms with E-state index in [9.17, 15) is 9.59 Å². The third kappa shape index (κ3) is 6.15. The van der Waals surface area contributed by atoms with E-state index in [1.807, 2.05) is 18.2 Å². The average Bonchev–Trinajstić information content (AvgIpc) is 2.70. The third-order valence-corrected chi connectivity index (χ3v) is 4.86. The molecule has 1 amide bonds. The lowest BCUT2D eigenvalue weighted by Crippen LogP contribution is -2.48. The van der Waals surface area contributed by atoms with Crippen molar-refractivity contribution in [2.75, 3.05) is 44.6 Å². The Balaban J connectivity index is 1.40. The minimum absolute atomic E-state index is 0.00599. The summed E-state index contributed by atoms with van der Waals surface area (Å²) >= 11 is 0. The monoisotopic (exact) mass is 377 g/mol. The van der Waals surface area contributed by atoms with Crippen LogP contribution in [-0.2, 0) is 4.79 Å². The first-order valence-corrected chi connectivity index (χ1v) is 9.67. The second-order valence-corrected chi connectivity index (χ2v) is 7.07. The molecule has 5 heteroatoms. The van der Waals surface area contributed by atoms with Crippen molar-refractivity contribution in [2.45, 2.75) is 6.92 Å². The Labute approximate surface area is 166 Å². The van der Waals surface area contributed by atoms with Crippen LogP contribution in [-0.4, -0.2) is 60.8 Å². The molecule has 0 aromatic heterocycles. The topological polar surface area (TPSA) is 52.7 Å². The first-order chi connectivity index (χ1) is 13.6. The number of ketones is 1. The molecule has 1 aliphatic rings. The van der Waals surface area contributed by atoms with Gasteiger partial charge in [-0.1, -0.05) is 54.6 Å². The van der Waals surface area contributed by atoms with E-state index >= 15 is 0 Å². The quantitative estimate of drug-likeness (QED) is 0.753. The standard InChI is InChI=1S/C23H27N3O2/c1-19(27)21-10-5-11-22(17-21)24-23(28)18-26-15-13-25(14-16-26)12-6-9-20-7-3-2-4-8-20/h2-11,17H,12-16,18H2,1H3,(H,24,28)/b9-6+. The van der Waals surface area contributed by atoms with Crippen LogP contribution in [0, 0.1) is 0 Å². The van der Waals surface area contributed by atoms with Gasteiger partial charge in [0, 0.05) is 44.0 Å². The van der Waals surface area contributed by atoms with E-state index in [1.54, 1.807) is 24.3 Å². The van der Waals surface area contributed by atoms with Crippen LogP contribution in [0.15, 0.2) is 60.7 Å². The van der Waals surface area contributed by atoms with Crippen LogP contribution in [0.2, 0.25) is 0 Å². The van der Waals surface area contributed by atoms with Gasteiger partial charge >= 0.3 is 0 Å². The zero-order chi connectivity index (χ0) is 19.8. The van der Waals surface area contributed by atoms with E-state index in [0.717, 1.165) is 32.7 Å². The van der Waals surface area contributed by atoms with Gasteiger partial charge in [-0.2, -0.15) is 0 Å². The van der Waals surface area contributed by atoms with Crippen molar-refractivity contribution in [1.29, 1.82) is 0 Å². The lowest BCUT2D eigenvalue weighted by atomic mass is 10.1. The molecule has 1 heterocycles. The van der Waals surface area contributed by atoms with E-state index in [4.69, 9.17) is 0 Å². The Kier molecular flexibility index (Phi) is 7.12. The Morgan fingerprint density at radius 3 is 2.39 bits per heavy atom. The number of rotatable bonds is 7. The maximum atomic E-state index is 12.3. The molecule has 2 aromatic rings. The van der Waals surface area contributed by atoms with Gasteiger partial charge in [0.05, 0.1) is 6.54 Å². The summed E-state index contributed by atoms with van der Waals surface area (Å²) in [7, 11) is 0. The number of piperazine rings is 1. The number of amides is 1. The highest BCUT2D eigenvalue weighted by atomic mass is 16.2. The molecule has 0 atom stereocenters. The maximum absolute atomic E-state index is 12.3. The number of hydrogen-bond donors (Lipinski definition) is 1. The van der Waals surface area contributed by atoms with Gasteiger partial charge in [-0.25, -0.2) is 0 Å². The molecule has 0 bridgehead atoms. The lowest BCUT2D eigenvalue weighted by molar-refractivity contribution is -0.117. The van der Waals surface area contributed by atoms with E-state index < -0.39 is 0 Å². The van der Waals surface area contributed by atoms with Crippen LogP contribution in [0.5, 0.6) is 0 Å². The van der Waals surface area contributed by atoms with E-state index in [2.05, 4.69) is 39.4 Å². The molecule has 1 N–H and O–H groups in total. The molecule has 0 saturated carbocycles. The molecule has 5 nitrogen and oxygen atoms in total. The van der Waals surface area contributed by atoms with Crippen molar-refractivity contribution in [3.8, 4) is 0 Å². The molecule has 28 heavy (non-hydrogen) atoms. The van der Waals surface area contributed by atoms with Crippen molar-refractivity contribution < 1.29 is 9.59 Å². The molecule has 0 unspecified atom stereocenters. The fraction of sp³-hybridized carbons (Fsp3) is 0.304. The summed E-state index contributed by atoms with van der Waals surface area (Å²) in [5, 5.41) is 2.89. The van der Waals surface area contributed by atoms with Crippen molar-refractivity contribution in [3.05, 3.63) is 71.8 Å². The van der Waals surface area contributed by atoms with Crippen molar-refractivity contribution in [3.63, 3.8) is 0 Å². The van der Waals surface area contributed by atoms with Gasteiger partial charge < -0.3 is 5.32 Å². The first kappa shape index (κ1) is 20.0. The number of anilines is 1. The fourth-order valence-electron chi connectivity index (χ4n) is 3.25. The van der Waals surface area contributed by atoms with Gasteiger partial charge in [0.25, 0.3) is 0 Å². The SMILES string of the molecule is CC(=O)c1cccc(NC(=O)CN2CCN(C/C=C/c3ccccc3)CC2)c1. The molecular weight excluding hydrogens is 350 g/mol. The van der Waals surface area contributed by atoms with Crippen LogP contribution >= 0.6 is 0 Å². The highest BCUT2D eigenvalue weighted by Gasteiger charge is 2.18. The Hall–Kier alpha value is -2.76. The zero-order valence-electron chi connectivity index (χ0n) is 16.3. The third-order valence-electron chi connectivity index (χ3n) is 4.86. The average molecular weight is 377 g/mol. The Morgan fingerprint density at radius 1 is 0.964 bits per heavy atom. The number of benzene rings is 2. The van der Waals surface area contributed by atoms with Gasteiger partial charge in [-0.05, 0) is 24.6 Å². The number of nitrogens with one attached hydrogen (secondary N) is 1. The number of Topliss-reactive ketones (excluding diaryl/α,β-unsaturated/α-hetero) is 1. The number of carbonyl (C=O) groups is 2. The fourth-order valence-corrected chi connectivity index (χ4v) is 3.25. The highest BCUT2D eigenvalue weighted by Crippen LogP contribution is 2.11. The van der Waals surface area contributed by atoms with E-state index in [-0.39, 0.29) is 11.7 Å². The van der Waals surface area contributed by atoms with Crippen LogP contribution in [0.4, 0.5) is 5.69 Å². The minimum atomic E-state index is -0.0434. The van der Waals surface area contributed by atoms with E-state index in [1.165, 1.54) is 12.5 Å². The van der Waals surface area contributed by atoms with Crippen molar-refractivity contribution >= 4 is 23.5 Å². The largest absolute Gasteiger partial charge is 0.325 e. The van der Waals surface area contributed by atoms with Crippen LogP contribution < -0.4 is 5.32 Å². The van der Waals surface area contributed by atoms with Gasteiger partial charge in [-0.3, -0.25) is 19.4 Å². The molecule has 2 aromatic carbocycles. The second-order valence-electron chi connectivity index (χ2n) is 7.07. The zero-order valence-corrected chi connectivity index (χ0v) is 16.3. The van der Waals surface area contributed by atoms with Crippen molar-refractivity contribution in [2.24, 2.45) is 0 Å². The molecule has 0 radical (unpaired) electrons. The van der Waals surface area contributed by atoms with Gasteiger partial charge in [-0.15, -0.1) is 0 Å². The Morgan fingerprint density at radius 2 is 1.68 bits per heavy atom. The molecule has 0 aliphatic carbocycles. The predicted molar refractivity (Wildman–Crippen MR) is 113 cm³/mol. The summed E-state index contributed by atoms with van der Waals surface area (Å²) in [4.78, 5) is 28.3. The van der Waals surface area contributed by atoms with Gasteiger partial charge in [0.15, 0.2) is 5.78 Å². The van der Waals surface area contributed by atoms with Gasteiger partial charge in [0.2, 0.25) is 5.91 Å². The normalized spacial score (nSPS) is 15.6. The lowest BCUT2D eigenvalue weighted by Gasteiger charge is -2.33. The van der Waals surface area contributed by atoms with E-state index in [0.29, 0.717) is 17.8 Å². The molecule has 3 rings (SSSR count). The highest BCUT2D eigenvalue weighted by molar-refractivity contribution is 5.97. The van der Waals surface area contributed by atoms with Crippen LogP contribution in [0.3, 0.4) is 0 Å². The molecule has 1 saturated heterocycles. The Bertz CT molecular complexity index is 825. The minimum Gasteiger partial charge on any atom is -0.325 e. The number of hydrogen-bond acceptors (Lipinski definition) is 4. The molecule has 1 fully saturated rings. The van der Waals surface area contributed by atoms with Crippen molar-refractivity contribution in [1.82, 2.24) is 9.80 Å². The second kappa shape index (κ2) is 9.97. The summed E-state index contributed by atoms with van der Waals surface area (Å²) in [6.45, 7) is 6.47. The van der Waals surface area contributed by atoms with Crippen LogP contribution in [0.1, 0.15) is 22.8 Å². The molecule has 146 valence electrons. The number of carbonyl (C=O) groups excluding carboxylic acids is 2. The smallest absolute Gasteiger partial charge is 0.238 e. The molecule has 0 spiro atoms. The summed E-state index contributed by atoms with van der Waals surface area (Å²) in [5.74, 6) is -0.0494. The summed E-state index contributed by atoms with van der Waals surface area (Å²) in [6, 6.07) is 17.4. The summed E-state index contributed by atoms with van der Waals surface area (Å²) in [6.07, 6.45) is 4.34. The molecule has 1 aliphatic heterocycles. The summed E-state index contributed by atoms with van der Waals surface area (Å²) in [5.41, 5.74) is 2.49. The maximum Gasteiger partial charge on any atom is 0.238 e. The number of nitrogens with zero attached hydrogens (tertiary/aromatic N) is 2. The predicted octanol–water partition coefficient (Wildman–Crippen LogP) is 3.16. The summed E-state index contributed by atoms with van der Waals surface area (Å²) < 4.78 is 0. The van der Waals surface area contributed by atoms with Gasteiger partial charge in [0.1, 0.15) is 0 Å². The first-order valence-electron chi connectivity index (χ1n) is 9.67. The molecular formula is C23H27N3O2. The van der Waals surface area contributed by atoms with Crippen LogP contribution in [0.25, 0.3) is 6.08 Å².